The molecule has 15 heavy (non-hydrogen) atoms. The first kappa shape index (κ1) is 10.4. The van der Waals surface area contributed by atoms with Crippen LogP contribution in [0.15, 0.2) is 0 Å². The van der Waals surface area contributed by atoms with Gasteiger partial charge in [-0.05, 0) is 6.42 Å². The third kappa shape index (κ3) is 1.83. The minimum Gasteiger partial charge on any atom is -0.326 e. The van der Waals surface area contributed by atoms with Gasteiger partial charge in [-0.3, -0.25) is 0 Å². The van der Waals surface area contributed by atoms with Crippen molar-refractivity contribution in [3.05, 3.63) is 11.6 Å². The van der Waals surface area contributed by atoms with E-state index >= 15 is 0 Å². The first-order valence-electron chi connectivity index (χ1n) is 4.65. The van der Waals surface area contributed by atoms with Crippen molar-refractivity contribution < 1.29 is 13.2 Å². The second kappa shape index (κ2) is 3.19. The summed E-state index contributed by atoms with van der Waals surface area (Å²) in [4.78, 5) is 3.51. The van der Waals surface area contributed by atoms with E-state index in [4.69, 9.17) is 5.73 Å². The number of hydrogen-bond acceptors (Lipinski definition) is 3. The van der Waals surface area contributed by atoms with E-state index in [0.29, 0.717) is 18.8 Å². The predicted molar refractivity (Wildman–Crippen MR) is 46.0 cm³/mol. The molecule has 1 aromatic rings. The van der Waals surface area contributed by atoms with E-state index < -0.39 is 12.0 Å². The Hall–Kier alpha value is -1.11. The second-order valence-electron chi connectivity index (χ2n) is 3.87. The van der Waals surface area contributed by atoms with Gasteiger partial charge >= 0.3 is 6.18 Å². The van der Waals surface area contributed by atoms with Crippen LogP contribution >= 0.6 is 0 Å². The zero-order valence-corrected chi connectivity index (χ0v) is 8.12. The summed E-state index contributed by atoms with van der Waals surface area (Å²) < 4.78 is 38.3. The first-order valence-corrected chi connectivity index (χ1v) is 4.65. The van der Waals surface area contributed by atoms with Gasteiger partial charge in [0.25, 0.3) is 5.82 Å². The SMILES string of the molecule is CC1CC(N)Cn2nc(C(F)(F)F)nc21. The highest BCUT2D eigenvalue weighted by Crippen LogP contribution is 2.30. The average molecular weight is 220 g/mol. The van der Waals surface area contributed by atoms with E-state index in [0.717, 1.165) is 0 Å². The monoisotopic (exact) mass is 220 g/mol. The van der Waals surface area contributed by atoms with Gasteiger partial charge in [0.1, 0.15) is 5.82 Å². The van der Waals surface area contributed by atoms with E-state index in [9.17, 15) is 13.2 Å². The molecule has 0 spiro atoms. The quantitative estimate of drug-likeness (QED) is 0.713. The Labute approximate surface area is 84.3 Å². The molecule has 0 radical (unpaired) electrons. The second-order valence-corrected chi connectivity index (χ2v) is 3.87. The van der Waals surface area contributed by atoms with Gasteiger partial charge in [-0.2, -0.15) is 13.2 Å². The van der Waals surface area contributed by atoms with E-state index in [1.54, 1.807) is 6.92 Å². The maximum absolute atomic E-state index is 12.3. The molecule has 7 heteroatoms. The molecule has 84 valence electrons. The lowest BCUT2D eigenvalue weighted by Crippen LogP contribution is -2.34. The standard InChI is InChI=1S/C8H11F3N4/c1-4-2-5(12)3-15-6(4)13-7(14-15)8(9,10)11/h4-5H,2-3,12H2,1H3. The summed E-state index contributed by atoms with van der Waals surface area (Å²) in [6.45, 7) is 2.11. The summed E-state index contributed by atoms with van der Waals surface area (Å²) in [6.07, 6.45) is -3.83. The Morgan fingerprint density at radius 1 is 1.47 bits per heavy atom. The first-order chi connectivity index (χ1) is 6.88. The van der Waals surface area contributed by atoms with Crippen LogP contribution in [0, 0.1) is 0 Å². The molecule has 2 atom stereocenters. The molecule has 0 saturated heterocycles. The van der Waals surface area contributed by atoms with E-state index in [1.165, 1.54) is 4.68 Å². The highest BCUT2D eigenvalue weighted by molar-refractivity contribution is 5.05. The van der Waals surface area contributed by atoms with Crippen LogP contribution in [0.4, 0.5) is 13.2 Å². The molecule has 1 aliphatic rings. The zero-order valence-electron chi connectivity index (χ0n) is 8.12. The third-order valence-electron chi connectivity index (χ3n) is 2.46. The zero-order chi connectivity index (χ0) is 11.2. The number of nitrogens with zero attached hydrogens (tertiary/aromatic N) is 3. The van der Waals surface area contributed by atoms with Crippen LogP contribution in [0.5, 0.6) is 0 Å². The molecule has 1 aromatic heterocycles. The number of halogens is 3. The fourth-order valence-corrected chi connectivity index (χ4v) is 1.83. The third-order valence-corrected chi connectivity index (χ3v) is 2.46. The molecular weight excluding hydrogens is 209 g/mol. The number of hydrogen-bond donors (Lipinski definition) is 1. The Bertz CT molecular complexity index is 370. The largest absolute Gasteiger partial charge is 0.453 e. The van der Waals surface area contributed by atoms with Gasteiger partial charge < -0.3 is 5.73 Å². The summed E-state index contributed by atoms with van der Waals surface area (Å²) in [6, 6.07) is -0.143. The van der Waals surface area contributed by atoms with Gasteiger partial charge in [0.05, 0.1) is 6.54 Å². The van der Waals surface area contributed by atoms with Gasteiger partial charge in [-0.1, -0.05) is 6.92 Å². The van der Waals surface area contributed by atoms with E-state index in [-0.39, 0.29) is 12.0 Å². The fraction of sp³-hybridized carbons (Fsp3) is 0.750. The summed E-state index contributed by atoms with van der Waals surface area (Å²) in [5.74, 6) is -0.764. The van der Waals surface area contributed by atoms with Crippen molar-refractivity contribution in [1.29, 1.82) is 0 Å². The lowest BCUT2D eigenvalue weighted by atomic mass is 9.98. The van der Waals surface area contributed by atoms with Crippen LogP contribution in [-0.2, 0) is 12.7 Å². The molecule has 4 nitrogen and oxygen atoms in total. The Morgan fingerprint density at radius 2 is 2.13 bits per heavy atom. The summed E-state index contributed by atoms with van der Waals surface area (Å²) in [7, 11) is 0. The highest BCUT2D eigenvalue weighted by Gasteiger charge is 2.38. The molecule has 2 unspecified atom stereocenters. The van der Waals surface area contributed by atoms with Crippen LogP contribution < -0.4 is 5.73 Å². The van der Waals surface area contributed by atoms with Crippen LogP contribution in [0.3, 0.4) is 0 Å². The lowest BCUT2D eigenvalue weighted by molar-refractivity contribution is -0.145. The molecule has 0 amide bonds. The van der Waals surface area contributed by atoms with Crippen LogP contribution in [-0.4, -0.2) is 20.8 Å². The molecule has 0 fully saturated rings. The molecule has 2 rings (SSSR count). The minimum atomic E-state index is -4.48. The molecule has 0 aromatic carbocycles. The normalized spacial score (nSPS) is 26.5. The van der Waals surface area contributed by atoms with Crippen molar-refractivity contribution in [2.45, 2.75) is 38.0 Å². The van der Waals surface area contributed by atoms with Crippen molar-refractivity contribution in [2.24, 2.45) is 5.73 Å². The van der Waals surface area contributed by atoms with Crippen LogP contribution in [0.25, 0.3) is 0 Å². The predicted octanol–water partition coefficient (Wildman–Crippen LogP) is 1.13. The number of nitrogens with two attached hydrogens (primary N) is 1. The summed E-state index contributed by atoms with van der Waals surface area (Å²) in [5, 5.41) is 3.42. The molecule has 0 bridgehead atoms. The van der Waals surface area contributed by atoms with Crippen molar-refractivity contribution in [3.8, 4) is 0 Å². The highest BCUT2D eigenvalue weighted by atomic mass is 19.4. The van der Waals surface area contributed by atoms with Crippen molar-refractivity contribution in [2.75, 3.05) is 0 Å². The van der Waals surface area contributed by atoms with Gasteiger partial charge in [0, 0.05) is 12.0 Å². The number of alkyl halides is 3. The Kier molecular flexibility index (Phi) is 2.22. The smallest absolute Gasteiger partial charge is 0.326 e. The summed E-state index contributed by atoms with van der Waals surface area (Å²) in [5.41, 5.74) is 5.69. The minimum absolute atomic E-state index is 0.0719. The number of aromatic nitrogens is 3. The number of fused-ring (bicyclic) bond motifs is 1. The number of rotatable bonds is 0. The topological polar surface area (TPSA) is 56.7 Å². The maximum Gasteiger partial charge on any atom is 0.453 e. The van der Waals surface area contributed by atoms with E-state index in [1.807, 2.05) is 0 Å². The molecule has 1 aliphatic heterocycles. The van der Waals surface area contributed by atoms with Crippen molar-refractivity contribution >= 4 is 0 Å². The van der Waals surface area contributed by atoms with E-state index in [2.05, 4.69) is 10.1 Å². The molecule has 0 aliphatic carbocycles. The Morgan fingerprint density at radius 3 is 2.73 bits per heavy atom. The van der Waals surface area contributed by atoms with Crippen molar-refractivity contribution in [1.82, 2.24) is 14.8 Å². The maximum atomic E-state index is 12.3. The molecule has 2 N–H and O–H groups in total. The lowest BCUT2D eigenvalue weighted by Gasteiger charge is -2.23. The fourth-order valence-electron chi connectivity index (χ4n) is 1.83. The molecule has 2 heterocycles. The van der Waals surface area contributed by atoms with Crippen LogP contribution in [0.2, 0.25) is 0 Å². The van der Waals surface area contributed by atoms with Gasteiger partial charge in [0.15, 0.2) is 0 Å². The molecular formula is C8H11F3N4. The molecule has 0 saturated carbocycles. The summed E-state index contributed by atoms with van der Waals surface area (Å²) >= 11 is 0. The average Bonchev–Trinajstić information content (AvgIpc) is 2.46. The van der Waals surface area contributed by atoms with Crippen molar-refractivity contribution in [3.63, 3.8) is 0 Å². The van der Waals surface area contributed by atoms with Crippen LogP contribution in [0.1, 0.15) is 30.9 Å². The Balaban J connectivity index is 2.39. The van der Waals surface area contributed by atoms with Gasteiger partial charge in [0.2, 0.25) is 0 Å². The van der Waals surface area contributed by atoms with Gasteiger partial charge in [-0.25, -0.2) is 9.67 Å². The van der Waals surface area contributed by atoms with Gasteiger partial charge in [-0.15, -0.1) is 5.10 Å².